The molecule has 0 aliphatic carbocycles. The van der Waals surface area contributed by atoms with E-state index in [2.05, 4.69) is 0 Å². The molecule has 7 heteroatoms. The first-order valence-electron chi connectivity index (χ1n) is 3.30. The maximum atomic E-state index is 12.0. The number of carbonyl (C=O) groups is 2. The van der Waals surface area contributed by atoms with Crippen molar-refractivity contribution in [2.24, 2.45) is 11.7 Å². The zero-order valence-corrected chi connectivity index (χ0v) is 6.47. The molecule has 0 aliphatic heterocycles. The minimum Gasteiger partial charge on any atom is -0.481 e. The number of carboxylic acid groups (broad SMARTS) is 1. The van der Waals surface area contributed by atoms with E-state index in [0.717, 1.165) is 0 Å². The number of ketones is 1. The highest BCUT2D eigenvalue weighted by Crippen LogP contribution is 2.29. The molecule has 0 saturated carbocycles. The van der Waals surface area contributed by atoms with Gasteiger partial charge in [0.2, 0.25) is 0 Å². The Hall–Kier alpha value is -1.11. The molecule has 4 nitrogen and oxygen atoms in total. The second kappa shape index (κ2) is 4.22. The molecule has 1 atom stereocenters. The minimum atomic E-state index is -4.84. The van der Waals surface area contributed by atoms with Crippen LogP contribution in [0.4, 0.5) is 13.2 Å². The van der Waals surface area contributed by atoms with E-state index in [4.69, 9.17) is 10.8 Å². The van der Waals surface area contributed by atoms with Crippen molar-refractivity contribution < 1.29 is 27.9 Å². The van der Waals surface area contributed by atoms with Gasteiger partial charge in [-0.2, -0.15) is 13.2 Å². The summed E-state index contributed by atoms with van der Waals surface area (Å²) in [6, 6.07) is 0. The zero-order valence-electron chi connectivity index (χ0n) is 6.47. The fourth-order valence-electron chi connectivity index (χ4n) is 0.729. The molecule has 0 spiro atoms. The van der Waals surface area contributed by atoms with Gasteiger partial charge in [0.25, 0.3) is 0 Å². The van der Waals surface area contributed by atoms with Gasteiger partial charge in [-0.05, 0) is 0 Å². The second-order valence-corrected chi connectivity index (χ2v) is 2.36. The van der Waals surface area contributed by atoms with Gasteiger partial charge in [-0.15, -0.1) is 0 Å². The molecule has 0 aliphatic rings. The number of carboxylic acids is 1. The molecule has 13 heavy (non-hydrogen) atoms. The van der Waals surface area contributed by atoms with E-state index >= 15 is 0 Å². The number of carbonyl (C=O) groups excluding carboxylic acids is 1. The Morgan fingerprint density at radius 2 is 1.85 bits per heavy atom. The van der Waals surface area contributed by atoms with Gasteiger partial charge in [-0.1, -0.05) is 0 Å². The Balaban J connectivity index is 4.56. The van der Waals surface area contributed by atoms with Crippen LogP contribution in [0.25, 0.3) is 0 Å². The summed E-state index contributed by atoms with van der Waals surface area (Å²) < 4.78 is 35.9. The summed E-state index contributed by atoms with van der Waals surface area (Å²) in [7, 11) is 0. The Bertz CT molecular complexity index is 214. The summed E-state index contributed by atoms with van der Waals surface area (Å²) in [5.74, 6) is -5.48. The van der Waals surface area contributed by atoms with Crippen LogP contribution in [0.3, 0.4) is 0 Å². The van der Waals surface area contributed by atoms with Crippen LogP contribution in [0.1, 0.15) is 6.42 Å². The molecule has 1 unspecified atom stereocenters. The standard InChI is InChI=1S/C6H8F3NO3/c7-6(8,9)3(1-5(12)13)4(11)2-10/h3H,1-2,10H2,(H,12,13). The summed E-state index contributed by atoms with van der Waals surface area (Å²) in [5, 5.41) is 8.10. The van der Waals surface area contributed by atoms with Gasteiger partial charge in [0.15, 0.2) is 5.78 Å². The number of rotatable bonds is 4. The maximum Gasteiger partial charge on any atom is 0.399 e. The van der Waals surface area contributed by atoms with Crippen LogP contribution in [-0.4, -0.2) is 29.6 Å². The molecule has 0 heterocycles. The van der Waals surface area contributed by atoms with Crippen molar-refractivity contribution in [1.82, 2.24) is 0 Å². The molecule has 0 aromatic rings. The maximum absolute atomic E-state index is 12.0. The highest BCUT2D eigenvalue weighted by Gasteiger charge is 2.45. The molecule has 76 valence electrons. The van der Waals surface area contributed by atoms with E-state index < -0.39 is 36.8 Å². The first-order valence-corrected chi connectivity index (χ1v) is 3.30. The van der Waals surface area contributed by atoms with Gasteiger partial charge < -0.3 is 10.8 Å². The Kier molecular flexibility index (Phi) is 3.86. The lowest BCUT2D eigenvalue weighted by Gasteiger charge is -2.15. The van der Waals surface area contributed by atoms with Crippen molar-refractivity contribution in [3.8, 4) is 0 Å². The number of Topliss-reactive ketones (excluding diaryl/α,β-unsaturated/α-hetero) is 1. The number of hydrogen-bond donors (Lipinski definition) is 2. The van der Waals surface area contributed by atoms with Crippen molar-refractivity contribution >= 4 is 11.8 Å². The summed E-state index contributed by atoms with van der Waals surface area (Å²) in [6.45, 7) is -0.808. The topological polar surface area (TPSA) is 80.4 Å². The lowest BCUT2D eigenvalue weighted by molar-refractivity contribution is -0.186. The van der Waals surface area contributed by atoms with Gasteiger partial charge in [-0.25, -0.2) is 0 Å². The summed E-state index contributed by atoms with van der Waals surface area (Å²) in [4.78, 5) is 20.6. The van der Waals surface area contributed by atoms with E-state index in [9.17, 15) is 22.8 Å². The van der Waals surface area contributed by atoms with Crippen molar-refractivity contribution in [3.05, 3.63) is 0 Å². The van der Waals surface area contributed by atoms with Crippen LogP contribution in [0.15, 0.2) is 0 Å². The van der Waals surface area contributed by atoms with Crippen molar-refractivity contribution in [2.75, 3.05) is 6.54 Å². The summed E-state index contributed by atoms with van der Waals surface area (Å²) in [6.07, 6.45) is -6.10. The molecule has 0 amide bonds. The van der Waals surface area contributed by atoms with Gasteiger partial charge in [0, 0.05) is 0 Å². The molecule has 0 aromatic carbocycles. The van der Waals surface area contributed by atoms with Crippen LogP contribution in [0.2, 0.25) is 0 Å². The lowest BCUT2D eigenvalue weighted by Crippen LogP contribution is -2.36. The predicted octanol–water partition coefficient (Wildman–Crippen LogP) is 0.167. The number of alkyl halides is 3. The van der Waals surface area contributed by atoms with E-state index in [0.29, 0.717) is 0 Å². The quantitative estimate of drug-likeness (QED) is 0.676. The molecular weight excluding hydrogens is 191 g/mol. The van der Waals surface area contributed by atoms with Gasteiger partial charge in [0.1, 0.15) is 5.92 Å². The summed E-state index contributed by atoms with van der Waals surface area (Å²) in [5.41, 5.74) is 4.70. The van der Waals surface area contributed by atoms with Crippen molar-refractivity contribution in [3.63, 3.8) is 0 Å². The number of aliphatic carboxylic acids is 1. The largest absolute Gasteiger partial charge is 0.481 e. The van der Waals surface area contributed by atoms with Crippen molar-refractivity contribution in [1.29, 1.82) is 0 Å². The molecule has 0 rings (SSSR count). The third-order valence-corrected chi connectivity index (χ3v) is 1.36. The average Bonchev–Trinajstić information content (AvgIpc) is 1.96. The Morgan fingerprint density at radius 3 is 2.08 bits per heavy atom. The molecule has 0 aromatic heterocycles. The Labute approximate surface area is 71.5 Å². The average molecular weight is 199 g/mol. The first kappa shape index (κ1) is 11.9. The minimum absolute atomic E-state index is 0.808. The number of halogens is 3. The summed E-state index contributed by atoms with van der Waals surface area (Å²) >= 11 is 0. The first-order chi connectivity index (χ1) is 5.79. The molecule has 0 radical (unpaired) electrons. The highest BCUT2D eigenvalue weighted by molar-refractivity contribution is 5.86. The fourth-order valence-corrected chi connectivity index (χ4v) is 0.729. The highest BCUT2D eigenvalue weighted by atomic mass is 19.4. The van der Waals surface area contributed by atoms with Gasteiger partial charge in [0.05, 0.1) is 13.0 Å². The molecule has 3 N–H and O–H groups in total. The van der Waals surface area contributed by atoms with E-state index in [1.807, 2.05) is 0 Å². The lowest BCUT2D eigenvalue weighted by atomic mass is 10.00. The predicted molar refractivity (Wildman–Crippen MR) is 35.9 cm³/mol. The normalized spacial score (nSPS) is 13.8. The second-order valence-electron chi connectivity index (χ2n) is 2.36. The monoisotopic (exact) mass is 199 g/mol. The Morgan fingerprint density at radius 1 is 1.38 bits per heavy atom. The van der Waals surface area contributed by atoms with Gasteiger partial charge in [-0.3, -0.25) is 9.59 Å². The van der Waals surface area contributed by atoms with Gasteiger partial charge >= 0.3 is 12.1 Å². The van der Waals surface area contributed by atoms with E-state index in [-0.39, 0.29) is 0 Å². The van der Waals surface area contributed by atoms with Crippen molar-refractivity contribution in [2.45, 2.75) is 12.6 Å². The number of nitrogens with two attached hydrogens (primary N) is 1. The zero-order chi connectivity index (χ0) is 10.6. The fraction of sp³-hybridized carbons (Fsp3) is 0.667. The third kappa shape index (κ3) is 3.88. The van der Waals surface area contributed by atoms with Crippen LogP contribution in [0, 0.1) is 5.92 Å². The van der Waals surface area contributed by atoms with E-state index in [1.54, 1.807) is 0 Å². The smallest absolute Gasteiger partial charge is 0.399 e. The SMILES string of the molecule is NCC(=O)C(CC(=O)O)C(F)(F)F. The molecule has 0 fully saturated rings. The molecule has 0 bridgehead atoms. The van der Waals surface area contributed by atoms with E-state index in [1.165, 1.54) is 0 Å². The molecular formula is C6H8F3NO3. The van der Waals surface area contributed by atoms with Crippen LogP contribution in [-0.2, 0) is 9.59 Å². The van der Waals surface area contributed by atoms with Crippen LogP contribution >= 0.6 is 0 Å². The van der Waals surface area contributed by atoms with Crippen LogP contribution < -0.4 is 5.73 Å². The van der Waals surface area contributed by atoms with Crippen LogP contribution in [0.5, 0.6) is 0 Å². The molecule has 0 saturated heterocycles. The third-order valence-electron chi connectivity index (χ3n) is 1.36. The number of hydrogen-bond acceptors (Lipinski definition) is 3.